The zero-order chi connectivity index (χ0) is 17.3. The third kappa shape index (κ3) is 3.96. The SMILES string of the molecule is OC1OC(CS)C(OC2OC(CS)C(O)C(O)C2O)C(O)C1O. The van der Waals surface area contributed by atoms with Gasteiger partial charge in [0.25, 0.3) is 0 Å². The summed E-state index contributed by atoms with van der Waals surface area (Å²) in [7, 11) is 0. The van der Waals surface area contributed by atoms with Crippen molar-refractivity contribution in [1.82, 2.24) is 0 Å². The summed E-state index contributed by atoms with van der Waals surface area (Å²) in [5, 5.41) is 58.8. The number of ether oxygens (including phenoxy) is 3. The van der Waals surface area contributed by atoms with Gasteiger partial charge in [-0.25, -0.2) is 0 Å². The Morgan fingerprint density at radius 1 is 0.696 bits per heavy atom. The quantitative estimate of drug-likeness (QED) is 0.234. The number of hydrogen-bond acceptors (Lipinski definition) is 11. The molecule has 2 heterocycles. The molecule has 0 bridgehead atoms. The van der Waals surface area contributed by atoms with E-state index in [0.717, 1.165) is 0 Å². The summed E-state index contributed by atoms with van der Waals surface area (Å²) in [5.74, 6) is 0.112. The molecule has 136 valence electrons. The van der Waals surface area contributed by atoms with E-state index in [1.54, 1.807) is 0 Å². The summed E-state index contributed by atoms with van der Waals surface area (Å²) >= 11 is 8.02. The molecule has 11 heteroatoms. The summed E-state index contributed by atoms with van der Waals surface area (Å²) in [6.45, 7) is 0. The largest absolute Gasteiger partial charge is 0.388 e. The highest BCUT2D eigenvalue weighted by atomic mass is 32.1. The Bertz CT molecular complexity index is 386. The average Bonchev–Trinajstić information content (AvgIpc) is 2.55. The Morgan fingerprint density at radius 2 is 1.30 bits per heavy atom. The zero-order valence-electron chi connectivity index (χ0n) is 12.0. The second kappa shape index (κ2) is 8.15. The molecule has 0 saturated carbocycles. The Hall–Kier alpha value is 0.340. The molecule has 0 amide bonds. The van der Waals surface area contributed by atoms with Gasteiger partial charge in [0.15, 0.2) is 12.6 Å². The van der Waals surface area contributed by atoms with Crippen LogP contribution in [0.5, 0.6) is 0 Å². The smallest absolute Gasteiger partial charge is 0.187 e. The van der Waals surface area contributed by atoms with E-state index in [1.807, 2.05) is 0 Å². The number of aliphatic hydroxyl groups is 6. The van der Waals surface area contributed by atoms with E-state index in [1.165, 1.54) is 0 Å². The number of aliphatic hydroxyl groups excluding tert-OH is 6. The van der Waals surface area contributed by atoms with Crippen LogP contribution in [0.2, 0.25) is 0 Å². The van der Waals surface area contributed by atoms with Crippen molar-refractivity contribution < 1.29 is 44.8 Å². The van der Waals surface area contributed by atoms with Crippen molar-refractivity contribution >= 4 is 25.3 Å². The second-order valence-corrected chi connectivity index (χ2v) is 6.26. The molecule has 23 heavy (non-hydrogen) atoms. The summed E-state index contributed by atoms with van der Waals surface area (Å²) < 4.78 is 15.9. The Balaban J connectivity index is 2.11. The van der Waals surface area contributed by atoms with Crippen LogP contribution < -0.4 is 0 Å². The van der Waals surface area contributed by atoms with Gasteiger partial charge in [0.05, 0.1) is 12.2 Å². The van der Waals surface area contributed by atoms with Crippen molar-refractivity contribution in [3.63, 3.8) is 0 Å². The first-order chi connectivity index (χ1) is 10.8. The van der Waals surface area contributed by atoms with Crippen LogP contribution in [0.4, 0.5) is 0 Å². The lowest BCUT2D eigenvalue weighted by Gasteiger charge is -2.45. The van der Waals surface area contributed by atoms with Crippen LogP contribution in [0, 0.1) is 0 Å². The number of hydrogen-bond donors (Lipinski definition) is 8. The van der Waals surface area contributed by atoms with Crippen LogP contribution in [0.1, 0.15) is 0 Å². The summed E-state index contributed by atoms with van der Waals surface area (Å²) in [4.78, 5) is 0. The standard InChI is InChI=1S/C12H22O9S2/c13-5-3(1-22)20-12(9(17)6(5)14)21-10-4(2-23)19-11(18)8(16)7(10)15/h3-18,22-23H,1-2H2. The van der Waals surface area contributed by atoms with Gasteiger partial charge in [0.1, 0.15) is 36.6 Å². The minimum atomic E-state index is -1.62. The van der Waals surface area contributed by atoms with Crippen LogP contribution >= 0.6 is 25.3 Å². The molecule has 9 nitrogen and oxygen atoms in total. The highest BCUT2D eigenvalue weighted by Crippen LogP contribution is 2.29. The molecule has 2 aliphatic heterocycles. The Labute approximate surface area is 143 Å². The third-order valence-corrected chi connectivity index (χ3v) is 4.70. The fourth-order valence-corrected chi connectivity index (χ4v) is 3.17. The molecule has 2 rings (SSSR count). The van der Waals surface area contributed by atoms with Crippen LogP contribution in [-0.4, -0.2) is 104 Å². The summed E-state index contributed by atoms with van der Waals surface area (Å²) in [5.41, 5.74) is 0. The Morgan fingerprint density at radius 3 is 1.87 bits per heavy atom. The maximum Gasteiger partial charge on any atom is 0.187 e. The number of rotatable bonds is 4. The topological polar surface area (TPSA) is 149 Å². The van der Waals surface area contributed by atoms with Crippen LogP contribution in [-0.2, 0) is 14.2 Å². The van der Waals surface area contributed by atoms with Gasteiger partial charge < -0.3 is 44.8 Å². The predicted molar refractivity (Wildman–Crippen MR) is 82.2 cm³/mol. The van der Waals surface area contributed by atoms with Crippen molar-refractivity contribution in [2.75, 3.05) is 11.5 Å². The van der Waals surface area contributed by atoms with Crippen molar-refractivity contribution in [3.8, 4) is 0 Å². The predicted octanol–water partition coefficient (Wildman–Crippen LogP) is -3.52. The summed E-state index contributed by atoms with van der Waals surface area (Å²) in [6.07, 6.45) is -13.5. The average molecular weight is 374 g/mol. The lowest BCUT2D eigenvalue weighted by molar-refractivity contribution is -0.346. The van der Waals surface area contributed by atoms with E-state index in [9.17, 15) is 30.6 Å². The van der Waals surface area contributed by atoms with Gasteiger partial charge in [0, 0.05) is 11.5 Å². The molecule has 6 N–H and O–H groups in total. The molecule has 0 aromatic rings. The first-order valence-corrected chi connectivity index (χ1v) is 8.34. The van der Waals surface area contributed by atoms with Gasteiger partial charge in [-0.15, -0.1) is 0 Å². The van der Waals surface area contributed by atoms with E-state index in [4.69, 9.17) is 14.2 Å². The molecule has 0 radical (unpaired) electrons. The number of thiol groups is 2. The lowest BCUT2D eigenvalue weighted by Crippen LogP contribution is -2.64. The molecule has 0 aromatic heterocycles. The highest BCUT2D eigenvalue weighted by molar-refractivity contribution is 7.80. The van der Waals surface area contributed by atoms with Crippen molar-refractivity contribution in [1.29, 1.82) is 0 Å². The van der Waals surface area contributed by atoms with Crippen molar-refractivity contribution in [3.05, 3.63) is 0 Å². The maximum atomic E-state index is 10.1. The van der Waals surface area contributed by atoms with E-state index in [2.05, 4.69) is 25.3 Å². The molecule has 10 unspecified atom stereocenters. The monoisotopic (exact) mass is 374 g/mol. The van der Waals surface area contributed by atoms with Gasteiger partial charge >= 0.3 is 0 Å². The molecule has 0 aliphatic carbocycles. The molecule has 0 aromatic carbocycles. The third-order valence-electron chi connectivity index (χ3n) is 3.98. The van der Waals surface area contributed by atoms with Crippen LogP contribution in [0.3, 0.4) is 0 Å². The first-order valence-electron chi connectivity index (χ1n) is 7.08. The fourth-order valence-electron chi connectivity index (χ4n) is 2.57. The molecule has 2 aliphatic rings. The molecular weight excluding hydrogens is 352 g/mol. The van der Waals surface area contributed by atoms with Gasteiger partial charge in [-0.2, -0.15) is 25.3 Å². The van der Waals surface area contributed by atoms with Gasteiger partial charge in [-0.05, 0) is 0 Å². The highest BCUT2D eigenvalue weighted by Gasteiger charge is 2.49. The maximum absolute atomic E-state index is 10.1. The molecule has 10 atom stereocenters. The molecular formula is C12H22O9S2. The zero-order valence-corrected chi connectivity index (χ0v) is 13.8. The Kier molecular flexibility index (Phi) is 6.96. The van der Waals surface area contributed by atoms with Crippen LogP contribution in [0.15, 0.2) is 0 Å². The summed E-state index contributed by atoms with van der Waals surface area (Å²) in [6, 6.07) is 0. The van der Waals surface area contributed by atoms with E-state index >= 15 is 0 Å². The minimum absolute atomic E-state index is 0.0511. The van der Waals surface area contributed by atoms with Gasteiger partial charge in [0.2, 0.25) is 0 Å². The lowest BCUT2D eigenvalue weighted by atomic mass is 9.97. The minimum Gasteiger partial charge on any atom is -0.388 e. The van der Waals surface area contributed by atoms with Gasteiger partial charge in [-0.3, -0.25) is 0 Å². The van der Waals surface area contributed by atoms with Gasteiger partial charge in [-0.1, -0.05) is 0 Å². The molecule has 2 fully saturated rings. The van der Waals surface area contributed by atoms with E-state index < -0.39 is 61.4 Å². The molecule has 2 saturated heterocycles. The van der Waals surface area contributed by atoms with Crippen LogP contribution in [0.25, 0.3) is 0 Å². The van der Waals surface area contributed by atoms with E-state index in [0.29, 0.717) is 0 Å². The second-order valence-electron chi connectivity index (χ2n) is 5.53. The molecule has 0 spiro atoms. The first kappa shape index (κ1) is 19.7. The van der Waals surface area contributed by atoms with E-state index in [-0.39, 0.29) is 11.5 Å². The fraction of sp³-hybridized carbons (Fsp3) is 1.00. The normalized spacial score (nSPS) is 51.7. The van der Waals surface area contributed by atoms with Crippen molar-refractivity contribution in [2.45, 2.75) is 61.4 Å². The van der Waals surface area contributed by atoms with Crippen molar-refractivity contribution in [2.24, 2.45) is 0 Å².